The molecule has 1 aliphatic rings. The minimum atomic E-state index is 0.217. The number of methoxy groups -OCH3 is 1. The first-order chi connectivity index (χ1) is 15.1. The topological polar surface area (TPSA) is 59.3 Å². The smallest absolute Gasteiger partial charge is 0.168 e. The molecule has 7 nitrogen and oxygen atoms in total. The van der Waals surface area contributed by atoms with Crippen molar-refractivity contribution in [1.29, 1.82) is 0 Å². The minimum Gasteiger partial charge on any atom is -0.497 e. The van der Waals surface area contributed by atoms with Crippen LogP contribution in [-0.2, 0) is 6.54 Å². The van der Waals surface area contributed by atoms with Crippen molar-refractivity contribution in [2.45, 2.75) is 39.8 Å². The Bertz CT molecular complexity index is 992. The Balaban J connectivity index is 1.45. The van der Waals surface area contributed by atoms with Gasteiger partial charge in [0.2, 0.25) is 0 Å². The van der Waals surface area contributed by atoms with Crippen LogP contribution in [-0.4, -0.2) is 58.4 Å². The van der Waals surface area contributed by atoms with Gasteiger partial charge in [0.25, 0.3) is 0 Å². The van der Waals surface area contributed by atoms with E-state index in [0.717, 1.165) is 49.7 Å². The number of hydrogen-bond donors (Lipinski definition) is 0. The van der Waals surface area contributed by atoms with Gasteiger partial charge in [-0.1, -0.05) is 31.2 Å². The normalized spacial score (nSPS) is 15.8. The van der Waals surface area contributed by atoms with Gasteiger partial charge in [-0.25, -0.2) is 4.68 Å². The summed E-state index contributed by atoms with van der Waals surface area (Å²) in [6.45, 7) is 11.3. The highest BCUT2D eigenvalue weighted by atomic mass is 16.5. The standard InChI is InChI=1S/C24H32N6O/c1-5-22(24-25-26-27-30(24)17-20-8-10-21(31-4)11-9-20)28-12-14-29(15-13-28)23-16-18(2)6-7-19(23)3/h6-11,16,22H,5,12-15,17H2,1-4H3/t22-/m0/s1. The molecule has 2 heterocycles. The van der Waals surface area contributed by atoms with Crippen LogP contribution in [0.4, 0.5) is 5.69 Å². The molecule has 0 radical (unpaired) electrons. The first-order valence-corrected chi connectivity index (χ1v) is 11.0. The highest BCUT2D eigenvalue weighted by molar-refractivity contribution is 5.55. The number of anilines is 1. The molecule has 0 spiro atoms. The average Bonchev–Trinajstić information content (AvgIpc) is 3.25. The molecule has 7 heteroatoms. The summed E-state index contributed by atoms with van der Waals surface area (Å²) < 4.78 is 7.20. The molecule has 0 unspecified atom stereocenters. The number of benzene rings is 2. The molecule has 2 aromatic carbocycles. The molecule has 0 N–H and O–H groups in total. The molecular weight excluding hydrogens is 388 g/mol. The second-order valence-electron chi connectivity index (χ2n) is 8.28. The third kappa shape index (κ3) is 4.71. The van der Waals surface area contributed by atoms with Crippen LogP contribution in [0.15, 0.2) is 42.5 Å². The molecule has 164 valence electrons. The Labute approximate surface area is 184 Å². The van der Waals surface area contributed by atoms with Gasteiger partial charge in [-0.15, -0.1) is 5.10 Å². The van der Waals surface area contributed by atoms with Crippen LogP contribution in [0.1, 0.15) is 41.9 Å². The second-order valence-corrected chi connectivity index (χ2v) is 8.28. The fraction of sp³-hybridized carbons (Fsp3) is 0.458. The van der Waals surface area contributed by atoms with E-state index in [0.29, 0.717) is 6.54 Å². The maximum absolute atomic E-state index is 5.26. The van der Waals surface area contributed by atoms with E-state index in [-0.39, 0.29) is 6.04 Å². The zero-order chi connectivity index (χ0) is 21.8. The zero-order valence-corrected chi connectivity index (χ0v) is 19.0. The Morgan fingerprint density at radius 1 is 1.00 bits per heavy atom. The lowest BCUT2D eigenvalue weighted by atomic mass is 10.1. The maximum atomic E-state index is 5.26. The van der Waals surface area contributed by atoms with E-state index in [4.69, 9.17) is 4.74 Å². The lowest BCUT2D eigenvalue weighted by Crippen LogP contribution is -2.48. The first kappa shape index (κ1) is 21.3. The Kier molecular flexibility index (Phi) is 6.51. The predicted octanol–water partition coefficient (Wildman–Crippen LogP) is 3.62. The summed E-state index contributed by atoms with van der Waals surface area (Å²) in [7, 11) is 1.68. The van der Waals surface area contributed by atoms with Gasteiger partial charge in [-0.2, -0.15) is 0 Å². The SMILES string of the molecule is CC[C@@H](c1nnnn1Cc1ccc(OC)cc1)N1CCN(c2cc(C)ccc2C)CC1. The van der Waals surface area contributed by atoms with Crippen molar-refractivity contribution in [2.24, 2.45) is 0 Å². The molecule has 0 amide bonds. The van der Waals surface area contributed by atoms with Gasteiger partial charge in [0.15, 0.2) is 5.82 Å². The number of aromatic nitrogens is 4. The largest absolute Gasteiger partial charge is 0.497 e. The molecule has 0 saturated carbocycles. The molecule has 0 bridgehead atoms. The fourth-order valence-electron chi connectivity index (χ4n) is 4.41. The van der Waals surface area contributed by atoms with E-state index in [2.05, 4.69) is 76.4 Å². The van der Waals surface area contributed by atoms with Crippen LogP contribution in [0.25, 0.3) is 0 Å². The number of piperazine rings is 1. The summed E-state index contributed by atoms with van der Waals surface area (Å²) >= 11 is 0. The van der Waals surface area contributed by atoms with Crippen LogP contribution in [0.5, 0.6) is 5.75 Å². The van der Waals surface area contributed by atoms with Crippen molar-refractivity contribution >= 4 is 5.69 Å². The van der Waals surface area contributed by atoms with Gasteiger partial charge in [-0.05, 0) is 65.6 Å². The molecule has 1 fully saturated rings. The fourth-order valence-corrected chi connectivity index (χ4v) is 4.41. The quantitative estimate of drug-likeness (QED) is 0.582. The van der Waals surface area contributed by atoms with Crippen molar-refractivity contribution in [3.63, 3.8) is 0 Å². The van der Waals surface area contributed by atoms with E-state index < -0.39 is 0 Å². The highest BCUT2D eigenvalue weighted by Crippen LogP contribution is 2.27. The van der Waals surface area contributed by atoms with E-state index in [1.165, 1.54) is 16.8 Å². The molecule has 1 atom stereocenters. The summed E-state index contributed by atoms with van der Waals surface area (Å²) in [6, 6.07) is 15.0. The molecular formula is C24H32N6O. The number of tetrazole rings is 1. The first-order valence-electron chi connectivity index (χ1n) is 11.0. The van der Waals surface area contributed by atoms with Crippen molar-refractivity contribution in [3.8, 4) is 5.75 Å². The van der Waals surface area contributed by atoms with Gasteiger partial charge < -0.3 is 9.64 Å². The van der Waals surface area contributed by atoms with Crippen LogP contribution >= 0.6 is 0 Å². The van der Waals surface area contributed by atoms with E-state index >= 15 is 0 Å². The highest BCUT2D eigenvalue weighted by Gasteiger charge is 2.28. The number of ether oxygens (including phenoxy) is 1. The summed E-state index contributed by atoms with van der Waals surface area (Å²) in [5, 5.41) is 12.7. The molecule has 1 saturated heterocycles. The molecule has 3 aromatic rings. The Morgan fingerprint density at radius 3 is 2.42 bits per heavy atom. The summed E-state index contributed by atoms with van der Waals surface area (Å²) in [5.41, 5.74) is 5.17. The van der Waals surface area contributed by atoms with E-state index in [1.54, 1.807) is 7.11 Å². The van der Waals surface area contributed by atoms with Crippen molar-refractivity contribution in [3.05, 3.63) is 65.0 Å². The molecule has 31 heavy (non-hydrogen) atoms. The number of nitrogens with zero attached hydrogens (tertiary/aromatic N) is 6. The molecule has 0 aliphatic carbocycles. The second kappa shape index (κ2) is 9.47. The van der Waals surface area contributed by atoms with Gasteiger partial charge in [0.05, 0.1) is 19.7 Å². The van der Waals surface area contributed by atoms with Crippen molar-refractivity contribution < 1.29 is 4.74 Å². The zero-order valence-electron chi connectivity index (χ0n) is 19.0. The maximum Gasteiger partial charge on any atom is 0.168 e. The van der Waals surface area contributed by atoms with Crippen molar-refractivity contribution in [1.82, 2.24) is 25.1 Å². The van der Waals surface area contributed by atoms with Crippen molar-refractivity contribution in [2.75, 3.05) is 38.2 Å². The number of aryl methyl sites for hydroxylation is 2. The van der Waals surface area contributed by atoms with Crippen LogP contribution in [0.3, 0.4) is 0 Å². The minimum absolute atomic E-state index is 0.217. The van der Waals surface area contributed by atoms with E-state index in [1.807, 2.05) is 16.8 Å². The third-order valence-electron chi connectivity index (χ3n) is 6.20. The Morgan fingerprint density at radius 2 is 1.74 bits per heavy atom. The van der Waals surface area contributed by atoms with Gasteiger partial charge in [0.1, 0.15) is 5.75 Å². The Hall–Kier alpha value is -2.93. The molecule has 1 aliphatic heterocycles. The summed E-state index contributed by atoms with van der Waals surface area (Å²) in [6.07, 6.45) is 0.979. The number of rotatable bonds is 7. The third-order valence-corrected chi connectivity index (χ3v) is 6.20. The van der Waals surface area contributed by atoms with Crippen LogP contribution in [0.2, 0.25) is 0 Å². The lowest BCUT2D eigenvalue weighted by molar-refractivity contribution is 0.169. The number of hydrogen-bond acceptors (Lipinski definition) is 6. The van der Waals surface area contributed by atoms with Gasteiger partial charge >= 0.3 is 0 Å². The lowest BCUT2D eigenvalue weighted by Gasteiger charge is -2.40. The van der Waals surface area contributed by atoms with Gasteiger partial charge in [-0.3, -0.25) is 4.90 Å². The summed E-state index contributed by atoms with van der Waals surface area (Å²) in [4.78, 5) is 5.03. The van der Waals surface area contributed by atoms with E-state index in [9.17, 15) is 0 Å². The molecule has 1 aromatic heterocycles. The monoisotopic (exact) mass is 420 g/mol. The van der Waals surface area contributed by atoms with Crippen LogP contribution < -0.4 is 9.64 Å². The van der Waals surface area contributed by atoms with Crippen LogP contribution in [0, 0.1) is 13.8 Å². The average molecular weight is 421 g/mol. The molecule has 4 rings (SSSR count). The predicted molar refractivity (Wildman–Crippen MR) is 123 cm³/mol. The van der Waals surface area contributed by atoms with Gasteiger partial charge in [0, 0.05) is 31.9 Å². The summed E-state index contributed by atoms with van der Waals surface area (Å²) in [5.74, 6) is 1.80.